The topological polar surface area (TPSA) is 25.2 Å². The first kappa shape index (κ1) is 11.8. The molecule has 2 rings (SSSR count). The fourth-order valence-corrected chi connectivity index (χ4v) is 2.05. The fraction of sp³-hybridized carbons (Fsp3) is 0.333. The van der Waals surface area contributed by atoms with Crippen LogP contribution in [0.3, 0.4) is 0 Å². The first-order chi connectivity index (χ1) is 7.74. The van der Waals surface area contributed by atoms with Crippen LogP contribution in [0, 0.1) is 0 Å². The van der Waals surface area contributed by atoms with Crippen molar-refractivity contribution in [3.63, 3.8) is 0 Å². The first-order valence-corrected chi connectivity index (χ1v) is 6.04. The van der Waals surface area contributed by atoms with Crippen molar-refractivity contribution in [2.24, 2.45) is 0 Å². The standard InChI is InChI=1S/C12H13Cl2NO/c1-2-15-6-5-8-7-16-12-9(8)3-4-10(13)11(12)14/h3-4,7,15H,2,5-6H2,1H3. The van der Waals surface area contributed by atoms with Gasteiger partial charge < -0.3 is 9.73 Å². The van der Waals surface area contributed by atoms with E-state index in [4.69, 9.17) is 27.6 Å². The van der Waals surface area contributed by atoms with E-state index in [2.05, 4.69) is 12.2 Å². The van der Waals surface area contributed by atoms with Gasteiger partial charge in [0.05, 0.1) is 11.3 Å². The highest BCUT2D eigenvalue weighted by molar-refractivity contribution is 6.44. The second kappa shape index (κ2) is 5.09. The Hall–Kier alpha value is -0.700. The monoisotopic (exact) mass is 257 g/mol. The van der Waals surface area contributed by atoms with Crippen LogP contribution in [0.4, 0.5) is 0 Å². The number of halogens is 2. The maximum absolute atomic E-state index is 6.06. The highest BCUT2D eigenvalue weighted by atomic mass is 35.5. The summed E-state index contributed by atoms with van der Waals surface area (Å²) in [7, 11) is 0. The highest BCUT2D eigenvalue weighted by Crippen LogP contribution is 2.33. The van der Waals surface area contributed by atoms with Crippen molar-refractivity contribution in [2.75, 3.05) is 13.1 Å². The Kier molecular flexibility index (Phi) is 3.74. The molecule has 0 amide bonds. The molecule has 0 radical (unpaired) electrons. The van der Waals surface area contributed by atoms with E-state index in [1.165, 1.54) is 0 Å². The summed E-state index contributed by atoms with van der Waals surface area (Å²) in [6, 6.07) is 3.76. The Morgan fingerprint density at radius 3 is 2.88 bits per heavy atom. The molecular weight excluding hydrogens is 245 g/mol. The Bertz CT molecular complexity index is 493. The van der Waals surface area contributed by atoms with E-state index in [-0.39, 0.29) is 0 Å². The third-order valence-corrected chi connectivity index (χ3v) is 3.32. The molecule has 1 aromatic heterocycles. The van der Waals surface area contributed by atoms with Gasteiger partial charge in [0.2, 0.25) is 0 Å². The molecule has 0 aliphatic carbocycles. The zero-order valence-electron chi connectivity index (χ0n) is 9.02. The summed E-state index contributed by atoms with van der Waals surface area (Å²) in [5.41, 5.74) is 1.84. The molecule has 0 saturated carbocycles. The molecule has 86 valence electrons. The Morgan fingerprint density at radius 1 is 1.31 bits per heavy atom. The zero-order valence-corrected chi connectivity index (χ0v) is 10.5. The van der Waals surface area contributed by atoms with E-state index < -0.39 is 0 Å². The van der Waals surface area contributed by atoms with Crippen LogP contribution in [0.1, 0.15) is 12.5 Å². The number of hydrogen-bond acceptors (Lipinski definition) is 2. The molecular formula is C12H13Cl2NO. The van der Waals surface area contributed by atoms with Crippen molar-refractivity contribution in [2.45, 2.75) is 13.3 Å². The van der Waals surface area contributed by atoms with Crippen LogP contribution in [0.15, 0.2) is 22.8 Å². The van der Waals surface area contributed by atoms with E-state index in [1.807, 2.05) is 6.07 Å². The van der Waals surface area contributed by atoms with Gasteiger partial charge in [-0.1, -0.05) is 30.1 Å². The van der Waals surface area contributed by atoms with Gasteiger partial charge in [-0.3, -0.25) is 0 Å². The summed E-state index contributed by atoms with van der Waals surface area (Å²) in [5, 5.41) is 5.35. The molecule has 0 bridgehead atoms. The maximum Gasteiger partial charge on any atom is 0.154 e. The minimum absolute atomic E-state index is 0.494. The van der Waals surface area contributed by atoms with Crippen molar-refractivity contribution in [3.05, 3.63) is 34.0 Å². The molecule has 0 atom stereocenters. The number of rotatable bonds is 4. The predicted molar refractivity (Wildman–Crippen MR) is 68.5 cm³/mol. The molecule has 1 aromatic carbocycles. The van der Waals surface area contributed by atoms with E-state index in [0.29, 0.717) is 15.6 Å². The predicted octanol–water partition coefficient (Wildman–Crippen LogP) is 3.89. The third-order valence-electron chi connectivity index (χ3n) is 2.54. The lowest BCUT2D eigenvalue weighted by Gasteiger charge is -2.00. The van der Waals surface area contributed by atoms with Crippen LogP contribution in [0.2, 0.25) is 10.0 Å². The summed E-state index contributed by atoms with van der Waals surface area (Å²) in [5.74, 6) is 0. The molecule has 0 aliphatic heterocycles. The van der Waals surface area contributed by atoms with Gasteiger partial charge >= 0.3 is 0 Å². The quantitative estimate of drug-likeness (QED) is 0.841. The van der Waals surface area contributed by atoms with Gasteiger partial charge in [0.15, 0.2) is 5.58 Å². The molecule has 1 heterocycles. The van der Waals surface area contributed by atoms with Gasteiger partial charge in [-0.05, 0) is 37.2 Å². The Balaban J connectivity index is 2.31. The summed E-state index contributed by atoms with van der Waals surface area (Å²) >= 11 is 12.0. The lowest BCUT2D eigenvalue weighted by molar-refractivity contribution is 0.607. The van der Waals surface area contributed by atoms with Gasteiger partial charge in [0.1, 0.15) is 5.02 Å². The smallest absolute Gasteiger partial charge is 0.154 e. The third kappa shape index (κ3) is 2.19. The summed E-state index contributed by atoms with van der Waals surface area (Å²) in [4.78, 5) is 0. The van der Waals surface area contributed by atoms with Crippen LogP contribution < -0.4 is 5.32 Å². The SMILES string of the molecule is CCNCCc1coc2c(Cl)c(Cl)ccc12. The molecule has 16 heavy (non-hydrogen) atoms. The Morgan fingerprint density at radius 2 is 2.12 bits per heavy atom. The second-order valence-corrected chi connectivity index (χ2v) is 4.39. The van der Waals surface area contributed by atoms with E-state index in [0.717, 1.165) is 30.5 Å². The average Bonchev–Trinajstić information content (AvgIpc) is 2.68. The summed E-state index contributed by atoms with van der Waals surface area (Å²) < 4.78 is 5.45. The minimum atomic E-state index is 0.494. The lowest BCUT2D eigenvalue weighted by Crippen LogP contribution is -2.15. The number of nitrogens with one attached hydrogen (secondary N) is 1. The molecule has 0 aliphatic rings. The van der Waals surface area contributed by atoms with Crippen molar-refractivity contribution in [3.8, 4) is 0 Å². The van der Waals surface area contributed by atoms with Crippen molar-refractivity contribution < 1.29 is 4.42 Å². The van der Waals surface area contributed by atoms with Gasteiger partial charge in [-0.2, -0.15) is 0 Å². The van der Waals surface area contributed by atoms with Gasteiger partial charge in [0, 0.05) is 5.39 Å². The van der Waals surface area contributed by atoms with Crippen LogP contribution in [-0.2, 0) is 6.42 Å². The maximum atomic E-state index is 6.06. The molecule has 0 spiro atoms. The summed E-state index contributed by atoms with van der Waals surface area (Å²) in [6.07, 6.45) is 2.68. The van der Waals surface area contributed by atoms with Crippen molar-refractivity contribution in [1.29, 1.82) is 0 Å². The summed E-state index contributed by atoms with van der Waals surface area (Å²) in [6.45, 7) is 4.00. The number of hydrogen-bond donors (Lipinski definition) is 1. The number of fused-ring (bicyclic) bond motifs is 1. The highest BCUT2D eigenvalue weighted by Gasteiger charge is 2.11. The normalized spacial score (nSPS) is 11.2. The van der Waals surface area contributed by atoms with Crippen LogP contribution in [0.5, 0.6) is 0 Å². The average molecular weight is 258 g/mol. The molecule has 2 aromatic rings. The number of likely N-dealkylation sites (N-methyl/N-ethyl adjacent to an activating group) is 1. The molecule has 4 heteroatoms. The van der Waals surface area contributed by atoms with Crippen LogP contribution >= 0.6 is 23.2 Å². The molecule has 1 N–H and O–H groups in total. The number of benzene rings is 1. The first-order valence-electron chi connectivity index (χ1n) is 5.28. The van der Waals surface area contributed by atoms with Crippen molar-refractivity contribution in [1.82, 2.24) is 5.32 Å². The molecule has 0 fully saturated rings. The van der Waals surface area contributed by atoms with E-state index in [1.54, 1.807) is 12.3 Å². The van der Waals surface area contributed by atoms with Crippen LogP contribution in [0.25, 0.3) is 11.0 Å². The fourth-order valence-electron chi connectivity index (χ4n) is 1.69. The van der Waals surface area contributed by atoms with E-state index in [9.17, 15) is 0 Å². The zero-order chi connectivity index (χ0) is 11.5. The number of furan rings is 1. The lowest BCUT2D eigenvalue weighted by atomic mass is 10.1. The van der Waals surface area contributed by atoms with Crippen molar-refractivity contribution >= 4 is 34.2 Å². The van der Waals surface area contributed by atoms with Gasteiger partial charge in [-0.25, -0.2) is 0 Å². The molecule has 0 saturated heterocycles. The Labute approximate surface area is 105 Å². The molecule has 0 unspecified atom stereocenters. The van der Waals surface area contributed by atoms with Gasteiger partial charge in [-0.15, -0.1) is 0 Å². The second-order valence-electron chi connectivity index (χ2n) is 3.60. The van der Waals surface area contributed by atoms with Crippen LogP contribution in [-0.4, -0.2) is 13.1 Å². The minimum Gasteiger partial charge on any atom is -0.462 e. The van der Waals surface area contributed by atoms with E-state index >= 15 is 0 Å². The largest absolute Gasteiger partial charge is 0.462 e. The molecule has 2 nitrogen and oxygen atoms in total. The van der Waals surface area contributed by atoms with Gasteiger partial charge in [0.25, 0.3) is 0 Å².